The maximum absolute atomic E-state index is 12.4. The summed E-state index contributed by atoms with van der Waals surface area (Å²) in [7, 11) is 0. The Morgan fingerprint density at radius 3 is 1.74 bits per heavy atom. The molecule has 0 aliphatic carbocycles. The third kappa shape index (κ3) is 8.46. The maximum Gasteiger partial charge on any atom is 0.328 e. The van der Waals surface area contributed by atoms with Crippen molar-refractivity contribution in [3.8, 4) is 0 Å². The topological polar surface area (TPSA) is 208 Å². The van der Waals surface area contributed by atoms with Crippen LogP contribution in [0.25, 0.3) is 0 Å². The normalized spacial score (nSPS) is 15.2. The third-order valence-electron chi connectivity index (χ3n) is 3.47. The van der Waals surface area contributed by atoms with Crippen LogP contribution in [0.1, 0.15) is 27.2 Å². The lowest BCUT2D eigenvalue weighted by Gasteiger charge is -2.25. The van der Waals surface area contributed by atoms with E-state index in [4.69, 9.17) is 21.1 Å². The van der Waals surface area contributed by atoms with Gasteiger partial charge in [0.05, 0.1) is 19.1 Å². The van der Waals surface area contributed by atoms with E-state index in [1.54, 1.807) is 13.8 Å². The van der Waals surface area contributed by atoms with Gasteiger partial charge in [0.15, 0.2) is 0 Å². The quantitative estimate of drug-likeness (QED) is 0.191. The lowest BCUT2D eigenvalue weighted by atomic mass is 10.0. The summed E-state index contributed by atoms with van der Waals surface area (Å²) < 4.78 is 0. The summed E-state index contributed by atoms with van der Waals surface area (Å²) in [6.45, 7) is 3.72. The van der Waals surface area contributed by atoms with Crippen molar-refractivity contribution in [3.05, 3.63) is 0 Å². The van der Waals surface area contributed by atoms with Gasteiger partial charge in [0.25, 0.3) is 0 Å². The fourth-order valence-corrected chi connectivity index (χ4v) is 1.92. The molecule has 0 saturated carbocycles. The number of carboxylic acid groups (broad SMARTS) is 2. The average molecular weight is 390 g/mol. The minimum Gasteiger partial charge on any atom is -0.481 e. The van der Waals surface area contributed by atoms with Crippen LogP contribution >= 0.6 is 0 Å². The van der Waals surface area contributed by atoms with Crippen molar-refractivity contribution in [1.82, 2.24) is 16.0 Å². The van der Waals surface area contributed by atoms with Gasteiger partial charge >= 0.3 is 11.9 Å². The Morgan fingerprint density at radius 1 is 0.852 bits per heavy atom. The van der Waals surface area contributed by atoms with E-state index in [0.717, 1.165) is 0 Å². The number of carbonyl (C=O) groups excluding carboxylic acids is 3. The van der Waals surface area contributed by atoms with E-state index >= 15 is 0 Å². The van der Waals surface area contributed by atoms with Crippen molar-refractivity contribution in [1.29, 1.82) is 0 Å². The molecule has 0 aliphatic rings. The van der Waals surface area contributed by atoms with Gasteiger partial charge in [-0.25, -0.2) is 4.79 Å². The van der Waals surface area contributed by atoms with Crippen molar-refractivity contribution in [2.24, 2.45) is 11.7 Å². The maximum atomic E-state index is 12.4. The third-order valence-corrected chi connectivity index (χ3v) is 3.47. The largest absolute Gasteiger partial charge is 0.481 e. The number of nitrogens with two attached hydrogens (primary N) is 1. The Labute approximate surface area is 155 Å². The van der Waals surface area contributed by atoms with Crippen LogP contribution in [-0.2, 0) is 24.0 Å². The van der Waals surface area contributed by atoms with Crippen LogP contribution in [0.15, 0.2) is 0 Å². The number of rotatable bonds is 11. The molecule has 3 amide bonds. The molecule has 4 atom stereocenters. The van der Waals surface area contributed by atoms with E-state index in [2.05, 4.69) is 10.6 Å². The van der Waals surface area contributed by atoms with Crippen molar-refractivity contribution < 1.29 is 39.3 Å². The Hall–Kier alpha value is -2.73. The first-order valence-electron chi connectivity index (χ1n) is 8.12. The van der Waals surface area contributed by atoms with Gasteiger partial charge in [-0.2, -0.15) is 0 Å². The van der Waals surface area contributed by atoms with E-state index in [9.17, 15) is 24.0 Å². The molecule has 0 unspecified atom stereocenters. The highest BCUT2D eigenvalue weighted by molar-refractivity contribution is 5.95. The van der Waals surface area contributed by atoms with Gasteiger partial charge in [-0.05, 0) is 12.8 Å². The summed E-state index contributed by atoms with van der Waals surface area (Å²) in [5.74, 6) is -5.92. The van der Waals surface area contributed by atoms with Gasteiger partial charge in [0, 0.05) is 0 Å². The van der Waals surface area contributed by atoms with Crippen molar-refractivity contribution in [2.75, 3.05) is 6.61 Å². The summed E-state index contributed by atoms with van der Waals surface area (Å²) in [6, 6.07) is -5.26. The van der Waals surface area contributed by atoms with Gasteiger partial charge in [-0.1, -0.05) is 13.8 Å². The number of aliphatic hydroxyl groups excluding tert-OH is 1. The number of carbonyl (C=O) groups is 5. The van der Waals surface area contributed by atoms with E-state index in [-0.39, 0.29) is 0 Å². The highest BCUT2D eigenvalue weighted by Crippen LogP contribution is 2.04. The van der Waals surface area contributed by atoms with Crippen LogP contribution in [-0.4, -0.2) is 75.8 Å². The zero-order chi connectivity index (χ0) is 21.3. The second-order valence-corrected chi connectivity index (χ2v) is 6.26. The molecule has 0 fully saturated rings. The first kappa shape index (κ1) is 24.3. The zero-order valence-corrected chi connectivity index (χ0v) is 15.3. The van der Waals surface area contributed by atoms with E-state index in [0.29, 0.717) is 0 Å². The van der Waals surface area contributed by atoms with Gasteiger partial charge in [-0.15, -0.1) is 0 Å². The number of amides is 3. The summed E-state index contributed by atoms with van der Waals surface area (Å²) in [4.78, 5) is 58.1. The Kier molecular flexibility index (Phi) is 9.96. The predicted octanol–water partition coefficient (Wildman–Crippen LogP) is -3.00. The second kappa shape index (κ2) is 11.1. The summed E-state index contributed by atoms with van der Waals surface area (Å²) in [6.07, 6.45) is -0.832. The second-order valence-electron chi connectivity index (χ2n) is 6.26. The molecule has 0 saturated heterocycles. The average Bonchev–Trinajstić information content (AvgIpc) is 2.54. The fourth-order valence-electron chi connectivity index (χ4n) is 1.92. The van der Waals surface area contributed by atoms with Crippen molar-refractivity contribution >= 4 is 29.7 Å². The van der Waals surface area contributed by atoms with Crippen LogP contribution in [0.4, 0.5) is 0 Å². The SMILES string of the molecule is CC(C)[C@H](NC(=O)[C@H](C)N)C(=O)N[C@@H](CC(=O)O)C(=O)N[C@@H](CO)C(=O)O. The van der Waals surface area contributed by atoms with Gasteiger partial charge < -0.3 is 37.0 Å². The fraction of sp³-hybridized carbons (Fsp3) is 0.667. The van der Waals surface area contributed by atoms with E-state index < -0.39 is 72.8 Å². The van der Waals surface area contributed by atoms with Crippen molar-refractivity contribution in [2.45, 2.75) is 51.4 Å². The first-order valence-corrected chi connectivity index (χ1v) is 8.12. The smallest absolute Gasteiger partial charge is 0.328 e. The van der Waals surface area contributed by atoms with Crippen LogP contribution in [0.3, 0.4) is 0 Å². The molecule has 0 rings (SSSR count). The molecule has 0 bridgehead atoms. The molecule has 12 heteroatoms. The lowest BCUT2D eigenvalue weighted by molar-refractivity contribution is -0.144. The molecular formula is C15H26N4O8. The standard InChI is InChI=1S/C15H26N4O8/c1-6(2)11(19-12(23)7(3)16)14(25)17-8(4-10(21)22)13(24)18-9(5-20)15(26)27/h6-9,11,20H,4-5,16H2,1-3H3,(H,17,25)(H,18,24)(H,19,23)(H,21,22)(H,26,27)/t7-,8-,9-,11-/m0/s1. The van der Waals surface area contributed by atoms with Crippen LogP contribution in [0.2, 0.25) is 0 Å². The number of aliphatic carboxylic acids is 2. The summed E-state index contributed by atoms with van der Waals surface area (Å²) in [5, 5.41) is 33.2. The Bertz CT molecular complexity index is 578. The van der Waals surface area contributed by atoms with E-state index in [1.807, 2.05) is 5.32 Å². The number of nitrogens with one attached hydrogen (secondary N) is 3. The van der Waals surface area contributed by atoms with Gasteiger partial charge in [0.2, 0.25) is 17.7 Å². The minimum absolute atomic E-state index is 0.412. The molecule has 0 aromatic carbocycles. The molecule has 0 aromatic heterocycles. The molecular weight excluding hydrogens is 364 g/mol. The van der Waals surface area contributed by atoms with Crippen LogP contribution in [0, 0.1) is 5.92 Å². The zero-order valence-electron chi connectivity index (χ0n) is 15.3. The Morgan fingerprint density at radius 2 is 1.37 bits per heavy atom. The molecule has 8 N–H and O–H groups in total. The molecule has 154 valence electrons. The molecule has 0 spiro atoms. The number of hydrogen-bond acceptors (Lipinski definition) is 7. The predicted molar refractivity (Wildman–Crippen MR) is 91.3 cm³/mol. The molecule has 0 heterocycles. The highest BCUT2D eigenvalue weighted by atomic mass is 16.4. The first-order chi connectivity index (χ1) is 12.4. The summed E-state index contributed by atoms with van der Waals surface area (Å²) in [5.41, 5.74) is 5.43. The summed E-state index contributed by atoms with van der Waals surface area (Å²) >= 11 is 0. The molecule has 12 nitrogen and oxygen atoms in total. The van der Waals surface area contributed by atoms with E-state index in [1.165, 1.54) is 6.92 Å². The van der Waals surface area contributed by atoms with Gasteiger partial charge in [0.1, 0.15) is 18.1 Å². The van der Waals surface area contributed by atoms with Crippen LogP contribution < -0.4 is 21.7 Å². The highest BCUT2D eigenvalue weighted by Gasteiger charge is 2.32. The van der Waals surface area contributed by atoms with Crippen molar-refractivity contribution in [3.63, 3.8) is 0 Å². The van der Waals surface area contributed by atoms with Gasteiger partial charge in [-0.3, -0.25) is 19.2 Å². The number of aliphatic hydroxyl groups is 1. The molecule has 0 radical (unpaired) electrons. The molecule has 0 aliphatic heterocycles. The number of carboxylic acids is 2. The molecule has 0 aromatic rings. The molecule has 27 heavy (non-hydrogen) atoms. The minimum atomic E-state index is -1.66. The number of hydrogen-bond donors (Lipinski definition) is 7. The Balaban J connectivity index is 5.31. The monoisotopic (exact) mass is 390 g/mol. The lowest BCUT2D eigenvalue weighted by Crippen LogP contribution is -2.58. The van der Waals surface area contributed by atoms with Crippen LogP contribution in [0.5, 0.6) is 0 Å².